The molecule has 0 aliphatic carbocycles. The zero-order valence-electron chi connectivity index (χ0n) is 10.6. The van der Waals surface area contributed by atoms with Crippen LogP contribution in [0.1, 0.15) is 13.8 Å². The first-order chi connectivity index (χ1) is 8.58. The van der Waals surface area contributed by atoms with E-state index in [2.05, 4.69) is 28.8 Å². The van der Waals surface area contributed by atoms with Crippen molar-refractivity contribution in [3.05, 3.63) is 24.3 Å². The molecule has 18 heavy (non-hydrogen) atoms. The molecule has 1 aromatic rings. The number of anilines is 1. The Kier molecular flexibility index (Phi) is 4.01. The van der Waals surface area contributed by atoms with Gasteiger partial charge in [-0.1, -0.05) is 12.1 Å². The minimum Gasteiger partial charge on any atom is -0.433 e. The number of alkyl halides is 2. The maximum absolute atomic E-state index is 12.4. The number of ether oxygens (including phenoxy) is 1. The first kappa shape index (κ1) is 13.1. The largest absolute Gasteiger partial charge is 0.433 e. The van der Waals surface area contributed by atoms with Gasteiger partial charge in [-0.25, -0.2) is 0 Å². The van der Waals surface area contributed by atoms with Gasteiger partial charge in [0.1, 0.15) is 5.75 Å². The van der Waals surface area contributed by atoms with Gasteiger partial charge in [0, 0.05) is 25.2 Å². The van der Waals surface area contributed by atoms with Crippen molar-refractivity contribution in [3.63, 3.8) is 0 Å². The number of piperazine rings is 1. The molecule has 2 rings (SSSR count). The Balaban J connectivity index is 2.25. The summed E-state index contributed by atoms with van der Waals surface area (Å²) < 4.78 is 29.4. The fourth-order valence-electron chi connectivity index (χ4n) is 2.25. The molecule has 3 nitrogen and oxygen atoms in total. The quantitative estimate of drug-likeness (QED) is 0.899. The van der Waals surface area contributed by atoms with E-state index in [0.29, 0.717) is 6.04 Å². The van der Waals surface area contributed by atoms with Crippen LogP contribution in [0.15, 0.2) is 24.3 Å². The fourth-order valence-corrected chi connectivity index (χ4v) is 2.25. The zero-order valence-corrected chi connectivity index (χ0v) is 10.6. The molecular formula is C13H18F2N2O. The summed E-state index contributed by atoms with van der Waals surface area (Å²) in [6, 6.07) is 7.54. The highest BCUT2D eigenvalue weighted by atomic mass is 19.3. The van der Waals surface area contributed by atoms with Crippen molar-refractivity contribution in [2.24, 2.45) is 0 Å². The third-order valence-electron chi connectivity index (χ3n) is 3.16. The number of para-hydroxylation sites is 2. The topological polar surface area (TPSA) is 24.5 Å². The minimum absolute atomic E-state index is 0.244. The second-order valence-electron chi connectivity index (χ2n) is 4.66. The maximum Gasteiger partial charge on any atom is 0.387 e. The molecule has 1 aromatic carbocycles. The van der Waals surface area contributed by atoms with Crippen molar-refractivity contribution in [1.82, 2.24) is 5.32 Å². The Bertz CT molecular complexity index is 400. The lowest BCUT2D eigenvalue weighted by Crippen LogP contribution is -2.54. The molecule has 1 N–H and O–H groups in total. The summed E-state index contributed by atoms with van der Waals surface area (Å²) in [5, 5.41) is 3.36. The highest BCUT2D eigenvalue weighted by Gasteiger charge is 2.25. The van der Waals surface area contributed by atoms with Crippen LogP contribution in [0.25, 0.3) is 0 Å². The van der Waals surface area contributed by atoms with E-state index in [9.17, 15) is 8.78 Å². The molecule has 0 amide bonds. The molecule has 1 heterocycles. The number of halogens is 2. The predicted molar refractivity (Wildman–Crippen MR) is 67.3 cm³/mol. The molecule has 1 aliphatic rings. The third-order valence-corrected chi connectivity index (χ3v) is 3.16. The Morgan fingerprint density at radius 1 is 1.33 bits per heavy atom. The second kappa shape index (κ2) is 5.52. The molecule has 5 heteroatoms. The minimum atomic E-state index is -2.79. The van der Waals surface area contributed by atoms with Gasteiger partial charge in [0.2, 0.25) is 0 Å². The zero-order chi connectivity index (χ0) is 13.1. The average molecular weight is 256 g/mol. The van der Waals surface area contributed by atoms with Crippen molar-refractivity contribution in [2.75, 3.05) is 18.0 Å². The van der Waals surface area contributed by atoms with Crippen LogP contribution in [0.3, 0.4) is 0 Å². The van der Waals surface area contributed by atoms with Gasteiger partial charge < -0.3 is 15.0 Å². The summed E-state index contributed by atoms with van der Waals surface area (Å²) in [5.41, 5.74) is 0.735. The van der Waals surface area contributed by atoms with E-state index < -0.39 is 6.61 Å². The van der Waals surface area contributed by atoms with Gasteiger partial charge in [0.25, 0.3) is 0 Å². The van der Waals surface area contributed by atoms with Crippen molar-refractivity contribution in [3.8, 4) is 5.75 Å². The molecule has 1 saturated heterocycles. The molecule has 2 unspecified atom stereocenters. The van der Waals surface area contributed by atoms with E-state index in [-0.39, 0.29) is 11.8 Å². The van der Waals surface area contributed by atoms with Crippen LogP contribution in [-0.4, -0.2) is 31.8 Å². The first-order valence-corrected chi connectivity index (χ1v) is 6.12. The number of benzene rings is 1. The normalized spacial score (nSPS) is 24.4. The Morgan fingerprint density at radius 3 is 2.78 bits per heavy atom. The molecule has 0 saturated carbocycles. The van der Waals surface area contributed by atoms with Gasteiger partial charge in [-0.05, 0) is 26.0 Å². The van der Waals surface area contributed by atoms with Gasteiger partial charge in [0.05, 0.1) is 5.69 Å². The molecule has 0 radical (unpaired) electrons. The van der Waals surface area contributed by atoms with E-state index in [4.69, 9.17) is 0 Å². The summed E-state index contributed by atoms with van der Waals surface area (Å²) >= 11 is 0. The maximum atomic E-state index is 12.4. The molecule has 100 valence electrons. The number of rotatable bonds is 3. The fraction of sp³-hybridized carbons (Fsp3) is 0.538. The SMILES string of the molecule is CC1CN(c2ccccc2OC(F)F)C(C)CN1. The molecule has 0 aromatic heterocycles. The van der Waals surface area contributed by atoms with E-state index in [1.807, 2.05) is 12.1 Å². The summed E-state index contributed by atoms with van der Waals surface area (Å²) in [4.78, 5) is 2.11. The summed E-state index contributed by atoms with van der Waals surface area (Å²) in [5.74, 6) is 0.244. The first-order valence-electron chi connectivity index (χ1n) is 6.12. The lowest BCUT2D eigenvalue weighted by atomic mass is 10.1. The van der Waals surface area contributed by atoms with Gasteiger partial charge in [-0.15, -0.1) is 0 Å². The number of nitrogens with one attached hydrogen (secondary N) is 1. The monoisotopic (exact) mass is 256 g/mol. The van der Waals surface area contributed by atoms with E-state index >= 15 is 0 Å². The van der Waals surface area contributed by atoms with E-state index in [1.165, 1.54) is 0 Å². The van der Waals surface area contributed by atoms with Crippen molar-refractivity contribution >= 4 is 5.69 Å². The summed E-state index contributed by atoms with van der Waals surface area (Å²) in [6.07, 6.45) is 0. The van der Waals surface area contributed by atoms with Crippen LogP contribution in [0.2, 0.25) is 0 Å². The Labute approximate surface area is 106 Å². The van der Waals surface area contributed by atoms with Gasteiger partial charge in [0.15, 0.2) is 0 Å². The van der Waals surface area contributed by atoms with Crippen LogP contribution in [-0.2, 0) is 0 Å². The van der Waals surface area contributed by atoms with Crippen LogP contribution in [0.5, 0.6) is 5.75 Å². The molecule has 1 fully saturated rings. The smallest absolute Gasteiger partial charge is 0.387 e. The Morgan fingerprint density at radius 2 is 2.06 bits per heavy atom. The van der Waals surface area contributed by atoms with Crippen LogP contribution in [0.4, 0.5) is 14.5 Å². The third kappa shape index (κ3) is 2.90. The lowest BCUT2D eigenvalue weighted by Gasteiger charge is -2.39. The number of hydrogen-bond donors (Lipinski definition) is 1. The highest BCUT2D eigenvalue weighted by molar-refractivity contribution is 5.59. The van der Waals surface area contributed by atoms with Gasteiger partial charge >= 0.3 is 6.61 Å². The summed E-state index contributed by atoms with van der Waals surface area (Å²) in [7, 11) is 0. The van der Waals surface area contributed by atoms with E-state index in [1.54, 1.807) is 12.1 Å². The molecule has 0 bridgehead atoms. The summed E-state index contributed by atoms with van der Waals surface area (Å²) in [6.45, 7) is 2.98. The molecular weight excluding hydrogens is 238 g/mol. The average Bonchev–Trinajstić information content (AvgIpc) is 2.32. The lowest BCUT2D eigenvalue weighted by molar-refractivity contribution is -0.0495. The predicted octanol–water partition coefficient (Wildman–Crippen LogP) is 2.47. The highest BCUT2D eigenvalue weighted by Crippen LogP contribution is 2.31. The van der Waals surface area contributed by atoms with Crippen LogP contribution >= 0.6 is 0 Å². The molecule has 2 atom stereocenters. The number of nitrogens with zero attached hydrogens (tertiary/aromatic N) is 1. The van der Waals surface area contributed by atoms with Crippen molar-refractivity contribution in [1.29, 1.82) is 0 Å². The Hall–Kier alpha value is -1.36. The van der Waals surface area contributed by atoms with Gasteiger partial charge in [-0.3, -0.25) is 0 Å². The van der Waals surface area contributed by atoms with Crippen molar-refractivity contribution in [2.45, 2.75) is 32.5 Å². The number of hydrogen-bond acceptors (Lipinski definition) is 3. The van der Waals surface area contributed by atoms with Crippen LogP contribution in [0, 0.1) is 0 Å². The van der Waals surface area contributed by atoms with E-state index in [0.717, 1.165) is 18.8 Å². The molecule has 1 aliphatic heterocycles. The van der Waals surface area contributed by atoms with Crippen LogP contribution < -0.4 is 15.0 Å². The molecule has 0 spiro atoms. The van der Waals surface area contributed by atoms with Gasteiger partial charge in [-0.2, -0.15) is 8.78 Å². The standard InChI is InChI=1S/C13H18F2N2O/c1-9-8-17(10(2)7-16-9)11-5-3-4-6-12(11)18-13(14)15/h3-6,9-10,13,16H,7-8H2,1-2H3. The van der Waals surface area contributed by atoms with Crippen molar-refractivity contribution < 1.29 is 13.5 Å². The second-order valence-corrected chi connectivity index (χ2v) is 4.66.